The van der Waals surface area contributed by atoms with Crippen LogP contribution in [0.2, 0.25) is 0 Å². The van der Waals surface area contributed by atoms with Crippen LogP contribution in [0.5, 0.6) is 0 Å². The van der Waals surface area contributed by atoms with E-state index < -0.39 is 36.1 Å². The molecule has 8 heteroatoms. The first-order chi connectivity index (χ1) is 11.9. The molecule has 1 aromatic carbocycles. The number of aliphatic hydroxyl groups is 1. The van der Waals surface area contributed by atoms with E-state index in [0.717, 1.165) is 21.3 Å². The van der Waals surface area contributed by atoms with E-state index >= 15 is 0 Å². The molecular formula is C18H23BF2N2O3. The second kappa shape index (κ2) is 6.06. The molecule has 1 amide bonds. The molecule has 1 aliphatic heterocycles. The van der Waals surface area contributed by atoms with Crippen LogP contribution >= 0.6 is 0 Å². The molecule has 3 rings (SSSR count). The molecule has 0 spiro atoms. The van der Waals surface area contributed by atoms with Gasteiger partial charge >= 0.3 is 7.48 Å². The summed E-state index contributed by atoms with van der Waals surface area (Å²) in [6.07, 6.45) is 0. The molecule has 0 saturated carbocycles. The molecule has 0 radical (unpaired) electrons. The number of H-pyrrole nitrogens is 1. The lowest BCUT2D eigenvalue weighted by Crippen LogP contribution is -2.58. The van der Waals surface area contributed by atoms with Crippen LogP contribution in [0.25, 0.3) is 10.9 Å². The summed E-state index contributed by atoms with van der Waals surface area (Å²) in [5.74, 6) is -3.20. The monoisotopic (exact) mass is 364 g/mol. The van der Waals surface area contributed by atoms with Gasteiger partial charge in [-0.25, -0.2) is 8.78 Å². The van der Waals surface area contributed by atoms with Gasteiger partial charge in [-0.3, -0.25) is 4.79 Å². The number of nitrogens with one attached hydrogen (secondary N) is 1. The minimum atomic E-state index is -2.78. The Morgan fingerprint density at radius 3 is 2.50 bits per heavy atom. The molecule has 2 heterocycles. The second-order valence-electron chi connectivity index (χ2n) is 7.98. The molecule has 0 atom stereocenters. The fourth-order valence-corrected chi connectivity index (χ4v) is 2.65. The quantitative estimate of drug-likeness (QED) is 0.796. The predicted molar refractivity (Wildman–Crippen MR) is 97.4 cm³/mol. The average molecular weight is 364 g/mol. The van der Waals surface area contributed by atoms with Crippen LogP contribution in [-0.2, 0) is 4.65 Å². The van der Waals surface area contributed by atoms with Crippen molar-refractivity contribution in [2.45, 2.75) is 44.8 Å². The maximum Gasteiger partial charge on any atom is 0.309 e. The normalized spacial score (nSPS) is 17.3. The highest BCUT2D eigenvalue weighted by Crippen LogP contribution is 2.28. The number of hydrogen-bond acceptors (Lipinski definition) is 3. The number of carbonyl (C=O) groups is 1. The van der Waals surface area contributed by atoms with Gasteiger partial charge in [0.05, 0.1) is 24.3 Å². The summed E-state index contributed by atoms with van der Waals surface area (Å²) in [7, 11) is 0.299. The Morgan fingerprint density at radius 2 is 1.92 bits per heavy atom. The molecule has 1 aromatic heterocycles. The maximum absolute atomic E-state index is 13.0. The third-order valence-corrected chi connectivity index (χ3v) is 5.12. The van der Waals surface area contributed by atoms with Crippen molar-refractivity contribution in [3.8, 4) is 0 Å². The fraction of sp³-hybridized carbons (Fsp3) is 0.500. The van der Waals surface area contributed by atoms with Crippen molar-refractivity contribution >= 4 is 29.8 Å². The molecule has 0 bridgehead atoms. The van der Waals surface area contributed by atoms with Crippen LogP contribution in [0, 0.1) is 0 Å². The minimum absolute atomic E-state index is 0.297. The number of fused-ring (bicyclic) bond motifs is 1. The number of halogens is 2. The van der Waals surface area contributed by atoms with Gasteiger partial charge in [-0.2, -0.15) is 0 Å². The van der Waals surface area contributed by atoms with E-state index in [1.165, 1.54) is 0 Å². The number of nitrogens with zero attached hydrogens (tertiary/aromatic N) is 1. The largest absolute Gasteiger partial charge is 0.427 e. The Bertz CT molecular complexity index is 835. The van der Waals surface area contributed by atoms with Crippen molar-refractivity contribution in [1.82, 2.24) is 9.88 Å². The number of alkyl halides is 2. The highest BCUT2D eigenvalue weighted by Gasteiger charge is 2.46. The lowest BCUT2D eigenvalue weighted by Gasteiger charge is -2.38. The Morgan fingerprint density at radius 1 is 1.27 bits per heavy atom. The first-order valence-electron chi connectivity index (χ1n) is 8.53. The highest BCUT2D eigenvalue weighted by atomic mass is 19.3. The molecule has 26 heavy (non-hydrogen) atoms. The molecule has 1 saturated heterocycles. The number of aromatic nitrogens is 1. The standard InChI is InChI=1S/C18H23BF2N2O3/c1-16(2,25)17(3,4)26-19-12-6-5-11-7-14(22-13(11)8-12)15(24)23-9-18(20,21)10-23/h5-8,19,22,25H,9-10H2,1-4H3. The molecule has 2 N–H and O–H groups in total. The molecule has 1 fully saturated rings. The summed E-state index contributed by atoms with van der Waals surface area (Å²) in [6.45, 7) is 5.95. The van der Waals surface area contributed by atoms with Gasteiger partial charge in [0, 0.05) is 10.9 Å². The van der Waals surface area contributed by atoms with E-state index in [4.69, 9.17) is 4.65 Å². The zero-order valence-corrected chi connectivity index (χ0v) is 15.4. The van der Waals surface area contributed by atoms with Gasteiger partial charge in [-0.15, -0.1) is 0 Å². The number of rotatable bonds is 5. The van der Waals surface area contributed by atoms with Crippen molar-refractivity contribution in [2.24, 2.45) is 0 Å². The summed E-state index contributed by atoms with van der Waals surface area (Å²) in [5.41, 5.74) is 0.184. The van der Waals surface area contributed by atoms with Gasteiger partial charge in [0.2, 0.25) is 0 Å². The van der Waals surface area contributed by atoms with Crippen LogP contribution < -0.4 is 5.46 Å². The molecule has 1 aliphatic rings. The predicted octanol–water partition coefficient (Wildman–Crippen LogP) is 1.80. The van der Waals surface area contributed by atoms with Gasteiger partial charge < -0.3 is 19.6 Å². The van der Waals surface area contributed by atoms with Crippen LogP contribution in [-0.4, -0.2) is 58.6 Å². The van der Waals surface area contributed by atoms with E-state index in [1.807, 2.05) is 32.0 Å². The van der Waals surface area contributed by atoms with Crippen LogP contribution in [0.1, 0.15) is 38.2 Å². The minimum Gasteiger partial charge on any atom is -0.427 e. The maximum atomic E-state index is 13.0. The first-order valence-corrected chi connectivity index (χ1v) is 8.53. The van der Waals surface area contributed by atoms with E-state index in [1.54, 1.807) is 19.9 Å². The van der Waals surface area contributed by atoms with E-state index in [0.29, 0.717) is 13.2 Å². The van der Waals surface area contributed by atoms with Crippen molar-refractivity contribution in [3.05, 3.63) is 30.0 Å². The highest BCUT2D eigenvalue weighted by molar-refractivity contribution is 6.47. The fourth-order valence-electron chi connectivity index (χ4n) is 2.65. The molecule has 0 unspecified atom stereocenters. The Labute approximate surface area is 151 Å². The molecule has 2 aromatic rings. The van der Waals surface area contributed by atoms with Crippen molar-refractivity contribution in [3.63, 3.8) is 0 Å². The first kappa shape index (κ1) is 18.9. The Kier molecular flexibility index (Phi) is 4.39. The summed E-state index contributed by atoms with van der Waals surface area (Å²) in [5, 5.41) is 11.0. The molecule has 5 nitrogen and oxygen atoms in total. The zero-order chi connectivity index (χ0) is 19.3. The summed E-state index contributed by atoms with van der Waals surface area (Å²) < 4.78 is 31.8. The number of amides is 1. The SMILES string of the molecule is CC(C)(O)C(C)(C)OBc1ccc2cc(C(=O)N3CC(F)(F)C3)[nH]c2c1. The smallest absolute Gasteiger partial charge is 0.309 e. The number of hydrogen-bond donors (Lipinski definition) is 2. The molecule has 140 valence electrons. The van der Waals surface area contributed by atoms with Gasteiger partial charge in [0.1, 0.15) is 5.69 Å². The van der Waals surface area contributed by atoms with Crippen LogP contribution in [0.3, 0.4) is 0 Å². The Balaban J connectivity index is 1.73. The van der Waals surface area contributed by atoms with Crippen LogP contribution in [0.4, 0.5) is 8.78 Å². The topological polar surface area (TPSA) is 65.6 Å². The summed E-state index contributed by atoms with van der Waals surface area (Å²) in [6, 6.07) is 7.25. The van der Waals surface area contributed by atoms with Gasteiger partial charge in [0.15, 0.2) is 0 Å². The second-order valence-corrected chi connectivity index (χ2v) is 7.98. The van der Waals surface area contributed by atoms with Gasteiger partial charge in [-0.1, -0.05) is 17.6 Å². The number of carbonyl (C=O) groups excluding carboxylic acids is 1. The Hall–Kier alpha value is -1.93. The molecular weight excluding hydrogens is 341 g/mol. The lowest BCUT2D eigenvalue weighted by molar-refractivity contribution is -0.113. The average Bonchev–Trinajstić information content (AvgIpc) is 2.92. The van der Waals surface area contributed by atoms with Crippen molar-refractivity contribution in [2.75, 3.05) is 13.1 Å². The summed E-state index contributed by atoms with van der Waals surface area (Å²) >= 11 is 0. The van der Waals surface area contributed by atoms with Crippen molar-refractivity contribution in [1.29, 1.82) is 0 Å². The molecule has 0 aliphatic carbocycles. The number of benzene rings is 1. The third kappa shape index (κ3) is 3.62. The van der Waals surface area contributed by atoms with Gasteiger partial charge in [-0.05, 0) is 39.8 Å². The van der Waals surface area contributed by atoms with Gasteiger partial charge in [0.25, 0.3) is 11.8 Å². The van der Waals surface area contributed by atoms with E-state index in [-0.39, 0.29) is 0 Å². The van der Waals surface area contributed by atoms with E-state index in [9.17, 15) is 18.7 Å². The third-order valence-electron chi connectivity index (χ3n) is 5.12. The number of likely N-dealkylation sites (tertiary alicyclic amines) is 1. The van der Waals surface area contributed by atoms with E-state index in [2.05, 4.69) is 4.98 Å². The zero-order valence-electron chi connectivity index (χ0n) is 15.4. The lowest BCUT2D eigenvalue weighted by atomic mass is 9.82. The van der Waals surface area contributed by atoms with Crippen molar-refractivity contribution < 1.29 is 23.3 Å². The number of aromatic amines is 1. The summed E-state index contributed by atoms with van der Waals surface area (Å²) in [4.78, 5) is 16.4. The van der Waals surface area contributed by atoms with Crippen LogP contribution in [0.15, 0.2) is 24.3 Å².